The summed E-state index contributed by atoms with van der Waals surface area (Å²) < 4.78 is 72.5. The number of ketones is 1. The van der Waals surface area contributed by atoms with Crippen molar-refractivity contribution in [1.82, 2.24) is 0 Å². The largest absolute Gasteiger partial charge is 0.496 e. The monoisotopic (exact) mass is 660 g/mol. The van der Waals surface area contributed by atoms with E-state index in [1.54, 1.807) is 6.92 Å². The summed E-state index contributed by atoms with van der Waals surface area (Å²) in [6.07, 6.45) is -2.94. The Kier molecular flexibility index (Phi) is 12.4. The molecule has 3 aromatic rings. The third-order valence-electron chi connectivity index (χ3n) is 8.24. The molecule has 0 aliphatic carbocycles. The number of ether oxygens (including phenoxy) is 4. The van der Waals surface area contributed by atoms with Crippen LogP contribution in [0.2, 0.25) is 0 Å². The Balaban J connectivity index is 2.48. The molecular formula is C36H43F3O8. The Labute approximate surface area is 272 Å². The minimum Gasteiger partial charge on any atom is -0.496 e. The molecule has 0 unspecified atom stereocenters. The third-order valence-corrected chi connectivity index (χ3v) is 8.24. The zero-order valence-electron chi connectivity index (χ0n) is 28.1. The third kappa shape index (κ3) is 7.40. The summed E-state index contributed by atoms with van der Waals surface area (Å²) in [7, 11) is 3.55. The Morgan fingerprint density at radius 3 is 2.15 bits per heavy atom. The van der Waals surface area contributed by atoms with Crippen molar-refractivity contribution < 1.29 is 46.1 Å². The van der Waals surface area contributed by atoms with Gasteiger partial charge in [0.1, 0.15) is 23.2 Å². The van der Waals surface area contributed by atoms with Crippen LogP contribution in [0.25, 0.3) is 11.0 Å². The van der Waals surface area contributed by atoms with E-state index in [1.165, 1.54) is 32.4 Å². The van der Waals surface area contributed by atoms with Crippen LogP contribution < -0.4 is 15.1 Å². The van der Waals surface area contributed by atoms with E-state index in [2.05, 4.69) is 0 Å². The number of hydrogen-bond donors (Lipinski definition) is 0. The van der Waals surface area contributed by atoms with Crippen molar-refractivity contribution in [3.63, 3.8) is 0 Å². The highest BCUT2D eigenvalue weighted by atomic mass is 19.4. The average molecular weight is 661 g/mol. The second kappa shape index (κ2) is 15.6. The molecule has 1 aromatic heterocycles. The molecule has 2 aromatic carbocycles. The lowest BCUT2D eigenvalue weighted by molar-refractivity contribution is -0.278. The molecule has 0 radical (unpaired) electrons. The van der Waals surface area contributed by atoms with Crippen LogP contribution in [-0.2, 0) is 26.3 Å². The fourth-order valence-electron chi connectivity index (χ4n) is 5.55. The zero-order valence-corrected chi connectivity index (χ0v) is 28.1. The molecule has 0 spiro atoms. The number of rotatable bonds is 15. The highest BCUT2D eigenvalue weighted by Crippen LogP contribution is 2.48. The highest BCUT2D eigenvalue weighted by Gasteiger charge is 2.64. The average Bonchev–Trinajstić information content (AvgIpc) is 3.03. The van der Waals surface area contributed by atoms with E-state index in [4.69, 9.17) is 23.4 Å². The van der Waals surface area contributed by atoms with Crippen molar-refractivity contribution in [2.75, 3.05) is 21.3 Å². The first kappa shape index (κ1) is 37.3. The van der Waals surface area contributed by atoms with Gasteiger partial charge in [0.2, 0.25) is 0 Å². The molecule has 0 N–H and O–H groups in total. The molecule has 0 saturated carbocycles. The summed E-state index contributed by atoms with van der Waals surface area (Å²) in [5, 5.41) is 0.125. The van der Waals surface area contributed by atoms with Crippen molar-refractivity contribution >= 4 is 22.7 Å². The molecule has 3 atom stereocenters. The number of halogens is 3. The van der Waals surface area contributed by atoms with Crippen LogP contribution in [0.5, 0.6) is 11.5 Å². The molecule has 0 aliphatic heterocycles. The number of esters is 1. The molecule has 1 heterocycles. The first-order valence-electron chi connectivity index (χ1n) is 15.5. The number of Topliss-reactive ketones (excluding diaryl/α,β-unsaturated/α-hetero) is 1. The number of hydrogen-bond acceptors (Lipinski definition) is 8. The Morgan fingerprint density at radius 1 is 1.00 bits per heavy atom. The molecule has 256 valence electrons. The predicted molar refractivity (Wildman–Crippen MR) is 172 cm³/mol. The number of unbranched alkanes of at least 4 members (excludes halogenated alkanes) is 1. The summed E-state index contributed by atoms with van der Waals surface area (Å²) in [6.45, 7) is 9.21. The van der Waals surface area contributed by atoms with Crippen LogP contribution in [0, 0.1) is 5.92 Å². The number of allylic oxidation sites excluding steroid dienone is 2. The predicted octanol–water partition coefficient (Wildman–Crippen LogP) is 8.43. The number of alkyl halides is 3. The van der Waals surface area contributed by atoms with E-state index < -0.39 is 41.0 Å². The van der Waals surface area contributed by atoms with E-state index in [0.717, 1.165) is 30.9 Å². The van der Waals surface area contributed by atoms with E-state index in [-0.39, 0.29) is 52.2 Å². The molecule has 0 bridgehead atoms. The summed E-state index contributed by atoms with van der Waals surface area (Å²) in [4.78, 5) is 40.9. The maximum absolute atomic E-state index is 14.8. The van der Waals surface area contributed by atoms with Crippen molar-refractivity contribution in [2.24, 2.45) is 5.92 Å². The molecule has 0 saturated heterocycles. The highest BCUT2D eigenvalue weighted by molar-refractivity contribution is 6.12. The van der Waals surface area contributed by atoms with Gasteiger partial charge in [-0.05, 0) is 39.5 Å². The second-order valence-electron chi connectivity index (χ2n) is 11.6. The van der Waals surface area contributed by atoms with Crippen LogP contribution in [-0.4, -0.2) is 39.3 Å². The van der Waals surface area contributed by atoms with Gasteiger partial charge >= 0.3 is 17.8 Å². The van der Waals surface area contributed by atoms with Crippen molar-refractivity contribution in [2.45, 2.75) is 84.6 Å². The van der Waals surface area contributed by atoms with E-state index in [9.17, 15) is 27.6 Å². The summed E-state index contributed by atoms with van der Waals surface area (Å²) in [5.41, 5.74) is -3.55. The van der Waals surface area contributed by atoms with E-state index in [1.807, 2.05) is 33.8 Å². The van der Waals surface area contributed by atoms with Gasteiger partial charge in [-0.15, -0.1) is 0 Å². The molecule has 3 rings (SSSR count). The second-order valence-corrected chi connectivity index (χ2v) is 11.6. The van der Waals surface area contributed by atoms with Gasteiger partial charge in [0, 0.05) is 35.8 Å². The van der Waals surface area contributed by atoms with Gasteiger partial charge in [0.05, 0.1) is 19.6 Å². The first-order valence-corrected chi connectivity index (χ1v) is 15.5. The molecule has 0 fully saturated rings. The normalized spacial score (nSPS) is 14.2. The van der Waals surface area contributed by atoms with Crippen LogP contribution >= 0.6 is 0 Å². The number of benzene rings is 2. The Bertz CT molecular complexity index is 1650. The number of fused-ring (bicyclic) bond motifs is 1. The number of carbonyl (C=O) groups is 2. The Hall–Kier alpha value is -4.12. The van der Waals surface area contributed by atoms with Gasteiger partial charge in [-0.3, -0.25) is 4.79 Å². The quantitative estimate of drug-likeness (QED) is 0.0693. The van der Waals surface area contributed by atoms with Gasteiger partial charge in [-0.1, -0.05) is 69.2 Å². The van der Waals surface area contributed by atoms with E-state index >= 15 is 0 Å². The molecule has 0 amide bonds. The lowest BCUT2D eigenvalue weighted by Crippen LogP contribution is -2.52. The fraction of sp³-hybridized carbons (Fsp3) is 0.472. The van der Waals surface area contributed by atoms with Crippen molar-refractivity contribution in [1.29, 1.82) is 0 Å². The molecule has 47 heavy (non-hydrogen) atoms. The van der Waals surface area contributed by atoms with Crippen molar-refractivity contribution in [3.8, 4) is 11.5 Å². The van der Waals surface area contributed by atoms with Gasteiger partial charge in [-0.25, -0.2) is 9.59 Å². The molecular weight excluding hydrogens is 617 g/mol. The first-order chi connectivity index (χ1) is 22.2. The number of carbonyl (C=O) groups excluding carboxylic acids is 2. The summed E-state index contributed by atoms with van der Waals surface area (Å²) in [5.74, 6) is -2.26. The number of methoxy groups -OCH3 is 3. The molecule has 11 heteroatoms. The lowest BCUT2D eigenvalue weighted by Gasteiger charge is -2.34. The van der Waals surface area contributed by atoms with Crippen LogP contribution in [0.3, 0.4) is 0 Å². The standard InChI is InChI=1S/C36H43F3O8/c1-9-11-17-26(46-34(42)35(45-8,36(37,38)39)23-15-13-12-14-16-23)25-20-27(40)47-33-28(25)31(43-6)24(19-18-21(3)4)32(44-7)29(33)30(41)22(5)10-2/h12-16,18,20,22,26H,9-11,17,19H2,1-8H3/t22-,26-,35+/m0/s1. The van der Waals surface area contributed by atoms with Gasteiger partial charge in [-0.2, -0.15) is 13.2 Å². The topological polar surface area (TPSA) is 101 Å². The van der Waals surface area contributed by atoms with Crippen molar-refractivity contribution in [3.05, 3.63) is 80.7 Å². The fourth-order valence-corrected chi connectivity index (χ4v) is 5.55. The van der Waals surface area contributed by atoms with E-state index in [0.29, 0.717) is 24.8 Å². The maximum Gasteiger partial charge on any atom is 0.432 e. The summed E-state index contributed by atoms with van der Waals surface area (Å²) >= 11 is 0. The van der Waals surface area contributed by atoms with Crippen LogP contribution in [0.4, 0.5) is 13.2 Å². The lowest BCUT2D eigenvalue weighted by atomic mass is 9.88. The minimum absolute atomic E-state index is 0.000129. The zero-order chi connectivity index (χ0) is 35.1. The minimum atomic E-state index is -5.22. The SMILES string of the molecule is CCCC[C@H](OC(=O)[C@](OC)(c1ccccc1)C(F)(F)F)c1cc(=O)oc2c(C(=O)[C@@H](C)CC)c(OC)c(CC=C(C)C)c(OC)c12. The summed E-state index contributed by atoms with van der Waals surface area (Å²) in [6, 6.07) is 7.55. The van der Waals surface area contributed by atoms with Crippen LogP contribution in [0.15, 0.2) is 57.3 Å². The van der Waals surface area contributed by atoms with Crippen LogP contribution in [0.1, 0.15) is 93.5 Å². The smallest absolute Gasteiger partial charge is 0.432 e. The molecule has 8 nitrogen and oxygen atoms in total. The maximum atomic E-state index is 14.8. The molecule has 0 aliphatic rings. The van der Waals surface area contributed by atoms with Gasteiger partial charge in [0.15, 0.2) is 11.4 Å². The Morgan fingerprint density at radius 2 is 1.64 bits per heavy atom. The van der Waals surface area contributed by atoms with Gasteiger partial charge in [0.25, 0.3) is 5.60 Å². The van der Waals surface area contributed by atoms with Gasteiger partial charge < -0.3 is 23.4 Å².